The molecule has 0 unspecified atom stereocenters. The number of anilines is 1. The summed E-state index contributed by atoms with van der Waals surface area (Å²) in [4.78, 5) is 19.7. The Morgan fingerprint density at radius 1 is 1.41 bits per heavy atom. The van der Waals surface area contributed by atoms with Gasteiger partial charge in [-0.1, -0.05) is 0 Å². The highest BCUT2D eigenvalue weighted by atomic mass is 79.9. The second kappa shape index (κ2) is 5.16. The van der Waals surface area contributed by atoms with Crippen LogP contribution in [0.4, 0.5) is 5.82 Å². The van der Waals surface area contributed by atoms with Crippen LogP contribution in [0.25, 0.3) is 0 Å². The van der Waals surface area contributed by atoms with E-state index in [1.807, 2.05) is 0 Å². The van der Waals surface area contributed by atoms with Gasteiger partial charge in [-0.3, -0.25) is 4.79 Å². The highest BCUT2D eigenvalue weighted by Crippen LogP contribution is 2.21. The highest BCUT2D eigenvalue weighted by Gasteiger charge is 2.13. The fourth-order valence-corrected chi connectivity index (χ4v) is 2.09. The van der Waals surface area contributed by atoms with E-state index in [2.05, 4.69) is 47.1 Å². The van der Waals surface area contributed by atoms with Crippen LogP contribution in [0, 0.1) is 0 Å². The van der Waals surface area contributed by atoms with Gasteiger partial charge in [-0.25, -0.2) is 9.97 Å². The lowest BCUT2D eigenvalue weighted by Gasteiger charge is -2.03. The van der Waals surface area contributed by atoms with Crippen molar-refractivity contribution in [2.24, 2.45) is 0 Å². The van der Waals surface area contributed by atoms with Crippen molar-refractivity contribution in [3.63, 3.8) is 0 Å². The maximum absolute atomic E-state index is 11.7. The molecule has 0 bridgehead atoms. The van der Waals surface area contributed by atoms with Gasteiger partial charge in [-0.15, -0.1) is 0 Å². The van der Waals surface area contributed by atoms with Gasteiger partial charge in [0, 0.05) is 0 Å². The van der Waals surface area contributed by atoms with E-state index in [1.54, 1.807) is 0 Å². The molecule has 17 heavy (non-hydrogen) atoms. The van der Waals surface area contributed by atoms with Crippen LogP contribution in [0.15, 0.2) is 32.0 Å². The second-order valence-corrected chi connectivity index (χ2v) is 4.83. The average molecular weight is 381 g/mol. The Morgan fingerprint density at radius 3 is 2.76 bits per heavy atom. The molecule has 1 amide bonds. The first-order chi connectivity index (χ1) is 8.06. The standard InChI is InChI=1S/C9H4Br2ClN3O2/c10-5-3-13-8(7(11)14-5)15-9(16)4-1-2-6(12)17-4/h1-3H,(H,13,15,16). The minimum atomic E-state index is -0.450. The highest BCUT2D eigenvalue weighted by molar-refractivity contribution is 9.11. The van der Waals surface area contributed by atoms with E-state index in [0.717, 1.165) is 0 Å². The van der Waals surface area contributed by atoms with Crippen molar-refractivity contribution in [3.8, 4) is 0 Å². The number of furan rings is 1. The molecular weight excluding hydrogens is 377 g/mol. The SMILES string of the molecule is O=C(Nc1ncc(Br)nc1Br)c1ccc(Cl)o1. The summed E-state index contributed by atoms with van der Waals surface area (Å²) in [6.45, 7) is 0. The van der Waals surface area contributed by atoms with Gasteiger partial charge in [-0.2, -0.15) is 0 Å². The summed E-state index contributed by atoms with van der Waals surface area (Å²) in [5.41, 5.74) is 0. The Morgan fingerprint density at radius 2 is 2.18 bits per heavy atom. The van der Waals surface area contributed by atoms with Crippen LogP contribution in [-0.2, 0) is 0 Å². The zero-order valence-corrected chi connectivity index (χ0v) is 12.0. The van der Waals surface area contributed by atoms with Crippen LogP contribution in [-0.4, -0.2) is 15.9 Å². The van der Waals surface area contributed by atoms with E-state index in [-0.39, 0.29) is 11.0 Å². The molecule has 0 aromatic carbocycles. The summed E-state index contributed by atoms with van der Waals surface area (Å²) in [5, 5.41) is 2.68. The van der Waals surface area contributed by atoms with Crippen molar-refractivity contribution in [3.05, 3.63) is 38.5 Å². The largest absolute Gasteiger partial charge is 0.440 e. The molecular formula is C9H4Br2ClN3O2. The first-order valence-corrected chi connectivity index (χ1v) is 6.27. The molecule has 2 aromatic rings. The summed E-state index contributed by atoms with van der Waals surface area (Å²) < 4.78 is 5.94. The van der Waals surface area contributed by atoms with Crippen molar-refractivity contribution in [2.75, 3.05) is 5.32 Å². The molecule has 0 aliphatic rings. The molecule has 0 aliphatic carbocycles. The summed E-state index contributed by atoms with van der Waals surface area (Å²) in [5.74, 6) is -0.0495. The number of carbonyl (C=O) groups is 1. The third kappa shape index (κ3) is 3.05. The Balaban J connectivity index is 2.18. The molecule has 2 aromatic heterocycles. The Kier molecular flexibility index (Phi) is 3.80. The number of hydrogen-bond acceptors (Lipinski definition) is 4. The fraction of sp³-hybridized carbons (Fsp3) is 0. The van der Waals surface area contributed by atoms with Crippen LogP contribution in [0.5, 0.6) is 0 Å². The first kappa shape index (κ1) is 12.5. The van der Waals surface area contributed by atoms with E-state index in [4.69, 9.17) is 16.0 Å². The van der Waals surface area contributed by atoms with Gasteiger partial charge in [-0.05, 0) is 55.6 Å². The monoisotopic (exact) mass is 379 g/mol. The van der Waals surface area contributed by atoms with Gasteiger partial charge >= 0.3 is 0 Å². The fourth-order valence-electron chi connectivity index (χ4n) is 1.04. The van der Waals surface area contributed by atoms with Gasteiger partial charge in [0.15, 0.2) is 16.8 Å². The molecule has 0 saturated heterocycles. The predicted molar refractivity (Wildman–Crippen MR) is 69.1 cm³/mol. The van der Waals surface area contributed by atoms with Gasteiger partial charge in [0.1, 0.15) is 9.21 Å². The number of aromatic nitrogens is 2. The molecule has 0 saturated carbocycles. The van der Waals surface area contributed by atoms with Crippen molar-refractivity contribution >= 4 is 55.2 Å². The van der Waals surface area contributed by atoms with Gasteiger partial charge in [0.05, 0.1) is 6.20 Å². The Hall–Kier alpha value is -0.920. The molecule has 1 N–H and O–H groups in total. The van der Waals surface area contributed by atoms with Crippen molar-refractivity contribution in [1.29, 1.82) is 0 Å². The minimum Gasteiger partial charge on any atom is -0.440 e. The molecule has 88 valence electrons. The zero-order valence-electron chi connectivity index (χ0n) is 8.08. The summed E-state index contributed by atoms with van der Waals surface area (Å²) in [6, 6.07) is 2.95. The molecule has 2 heterocycles. The maximum atomic E-state index is 11.7. The smallest absolute Gasteiger partial charge is 0.292 e. The third-order valence-corrected chi connectivity index (χ3v) is 2.87. The summed E-state index contributed by atoms with van der Waals surface area (Å²) >= 11 is 11.9. The molecule has 0 fully saturated rings. The van der Waals surface area contributed by atoms with Crippen LogP contribution >= 0.6 is 43.5 Å². The number of hydrogen-bond donors (Lipinski definition) is 1. The van der Waals surface area contributed by atoms with E-state index in [9.17, 15) is 4.79 Å². The lowest BCUT2D eigenvalue weighted by Crippen LogP contribution is -2.12. The van der Waals surface area contributed by atoms with Crippen LogP contribution in [0.3, 0.4) is 0 Å². The maximum Gasteiger partial charge on any atom is 0.292 e. The van der Waals surface area contributed by atoms with Crippen LogP contribution in [0.2, 0.25) is 5.22 Å². The van der Waals surface area contributed by atoms with Gasteiger partial charge in [0.25, 0.3) is 5.91 Å². The summed E-state index contributed by atoms with van der Waals surface area (Å²) in [7, 11) is 0. The lowest BCUT2D eigenvalue weighted by molar-refractivity contribution is 0.0996. The minimum absolute atomic E-state index is 0.103. The van der Waals surface area contributed by atoms with E-state index in [1.165, 1.54) is 18.3 Å². The van der Waals surface area contributed by atoms with Crippen molar-refractivity contribution < 1.29 is 9.21 Å². The number of rotatable bonds is 2. The van der Waals surface area contributed by atoms with Gasteiger partial charge in [0.2, 0.25) is 0 Å². The molecule has 0 radical (unpaired) electrons. The van der Waals surface area contributed by atoms with E-state index in [0.29, 0.717) is 15.0 Å². The second-order valence-electron chi connectivity index (χ2n) is 2.89. The molecule has 0 aliphatic heterocycles. The average Bonchev–Trinajstić information content (AvgIpc) is 2.69. The quantitative estimate of drug-likeness (QED) is 0.865. The van der Waals surface area contributed by atoms with E-state index < -0.39 is 5.91 Å². The van der Waals surface area contributed by atoms with Crippen LogP contribution < -0.4 is 5.32 Å². The molecule has 8 heteroatoms. The van der Waals surface area contributed by atoms with Crippen LogP contribution in [0.1, 0.15) is 10.6 Å². The molecule has 0 spiro atoms. The predicted octanol–water partition coefficient (Wildman–Crippen LogP) is 3.50. The zero-order chi connectivity index (χ0) is 12.4. The number of amides is 1. The molecule has 5 nitrogen and oxygen atoms in total. The van der Waals surface area contributed by atoms with Crippen molar-refractivity contribution in [2.45, 2.75) is 0 Å². The first-order valence-electron chi connectivity index (χ1n) is 4.31. The van der Waals surface area contributed by atoms with E-state index >= 15 is 0 Å². The normalized spacial score (nSPS) is 10.3. The third-order valence-electron chi connectivity index (χ3n) is 1.73. The number of nitrogens with zero attached hydrogens (tertiary/aromatic N) is 2. The summed E-state index contributed by atoms with van der Waals surface area (Å²) in [6.07, 6.45) is 1.47. The number of nitrogens with one attached hydrogen (secondary N) is 1. The number of carbonyl (C=O) groups excluding carboxylic acids is 1. The molecule has 2 rings (SSSR count). The lowest BCUT2D eigenvalue weighted by atomic mass is 10.4. The molecule has 0 atom stereocenters. The Labute approximate surface area is 118 Å². The Bertz CT molecular complexity index is 573. The van der Waals surface area contributed by atoms with Crippen molar-refractivity contribution in [1.82, 2.24) is 9.97 Å². The topological polar surface area (TPSA) is 68.0 Å². The van der Waals surface area contributed by atoms with Gasteiger partial charge < -0.3 is 9.73 Å². The number of halogens is 3.